The molecule has 0 aliphatic heterocycles. The van der Waals surface area contributed by atoms with Gasteiger partial charge in [0.1, 0.15) is 0 Å². The van der Waals surface area contributed by atoms with Gasteiger partial charge in [-0.1, -0.05) is 6.07 Å². The number of aromatic nitrogens is 1. The average molecular weight is 205 g/mol. The van der Waals surface area contributed by atoms with E-state index < -0.39 is 0 Å². The molecule has 14 heavy (non-hydrogen) atoms. The molecule has 0 saturated heterocycles. The highest BCUT2D eigenvalue weighted by atomic mass is 35.5. The first-order valence-electron chi connectivity index (χ1n) is 4.40. The minimum absolute atomic E-state index is 0.584. The number of nitriles is 1. The van der Waals surface area contributed by atoms with Gasteiger partial charge in [-0.2, -0.15) is 5.26 Å². The standard InChI is InChI=1S/C11H9ClN2/c12-4-6-14-5-3-10-2-1-9(8-13)7-11(10)14/h1-3,5,7H,4,6H2. The Balaban J connectivity index is 2.59. The number of hydrogen-bond acceptors (Lipinski definition) is 1. The molecule has 0 N–H and O–H groups in total. The van der Waals surface area contributed by atoms with Gasteiger partial charge >= 0.3 is 0 Å². The van der Waals surface area contributed by atoms with E-state index in [2.05, 4.69) is 10.6 Å². The summed E-state index contributed by atoms with van der Waals surface area (Å²) in [7, 11) is 0. The Morgan fingerprint density at radius 3 is 2.93 bits per heavy atom. The van der Waals surface area contributed by atoms with E-state index in [4.69, 9.17) is 16.9 Å². The highest BCUT2D eigenvalue weighted by Gasteiger charge is 2.01. The molecule has 0 fully saturated rings. The van der Waals surface area contributed by atoms with Crippen molar-refractivity contribution in [1.29, 1.82) is 5.26 Å². The highest BCUT2D eigenvalue weighted by Crippen LogP contribution is 2.17. The Labute approximate surface area is 87.3 Å². The third-order valence-electron chi connectivity index (χ3n) is 2.23. The van der Waals surface area contributed by atoms with Crippen LogP contribution in [-0.4, -0.2) is 10.4 Å². The fourth-order valence-corrected chi connectivity index (χ4v) is 1.72. The molecule has 1 aromatic carbocycles. The van der Waals surface area contributed by atoms with Crippen LogP contribution in [0.5, 0.6) is 0 Å². The predicted octanol–water partition coefficient (Wildman–Crippen LogP) is 2.75. The second kappa shape index (κ2) is 3.73. The molecular weight excluding hydrogens is 196 g/mol. The Kier molecular flexibility index (Phi) is 2.43. The number of aryl methyl sites for hydroxylation is 1. The summed E-state index contributed by atoms with van der Waals surface area (Å²) in [5, 5.41) is 9.92. The summed E-state index contributed by atoms with van der Waals surface area (Å²) in [6.07, 6.45) is 1.99. The van der Waals surface area contributed by atoms with Crippen LogP contribution in [0.4, 0.5) is 0 Å². The van der Waals surface area contributed by atoms with Crippen LogP contribution in [-0.2, 0) is 6.54 Å². The van der Waals surface area contributed by atoms with Gasteiger partial charge in [0.25, 0.3) is 0 Å². The first-order valence-corrected chi connectivity index (χ1v) is 4.93. The van der Waals surface area contributed by atoms with Gasteiger partial charge in [-0.25, -0.2) is 0 Å². The third-order valence-corrected chi connectivity index (χ3v) is 2.40. The van der Waals surface area contributed by atoms with Gasteiger partial charge in [0, 0.05) is 24.1 Å². The maximum absolute atomic E-state index is 8.77. The number of benzene rings is 1. The summed E-state index contributed by atoms with van der Waals surface area (Å²) in [6.45, 7) is 0.778. The molecule has 70 valence electrons. The molecule has 0 aliphatic carbocycles. The molecule has 0 radical (unpaired) electrons. The van der Waals surface area contributed by atoms with Gasteiger partial charge in [0.2, 0.25) is 0 Å². The van der Waals surface area contributed by atoms with Crippen LogP contribution >= 0.6 is 11.6 Å². The van der Waals surface area contributed by atoms with Crippen molar-refractivity contribution in [3.8, 4) is 6.07 Å². The molecule has 1 aromatic heterocycles. The molecule has 3 heteroatoms. The fraction of sp³-hybridized carbons (Fsp3) is 0.182. The van der Waals surface area contributed by atoms with Gasteiger partial charge in [0.05, 0.1) is 11.6 Å². The number of fused-ring (bicyclic) bond motifs is 1. The quantitative estimate of drug-likeness (QED) is 0.692. The Hall–Kier alpha value is -1.46. The van der Waals surface area contributed by atoms with Crippen molar-refractivity contribution in [1.82, 2.24) is 4.57 Å². The van der Waals surface area contributed by atoms with Crippen molar-refractivity contribution < 1.29 is 0 Å². The van der Waals surface area contributed by atoms with Gasteiger partial charge in [-0.15, -0.1) is 11.6 Å². The third kappa shape index (κ3) is 1.47. The summed E-state index contributed by atoms with van der Waals surface area (Å²) in [5.41, 5.74) is 1.76. The molecule has 2 rings (SSSR count). The largest absolute Gasteiger partial charge is 0.346 e. The lowest BCUT2D eigenvalue weighted by Crippen LogP contribution is -1.96. The van der Waals surface area contributed by atoms with E-state index in [1.807, 2.05) is 30.5 Å². The lowest BCUT2D eigenvalue weighted by Gasteiger charge is -2.01. The van der Waals surface area contributed by atoms with Crippen molar-refractivity contribution >= 4 is 22.5 Å². The molecule has 1 heterocycles. The SMILES string of the molecule is N#Cc1ccc2ccn(CCCl)c2c1. The molecule has 0 aliphatic rings. The molecule has 0 unspecified atom stereocenters. The van der Waals surface area contributed by atoms with E-state index in [1.165, 1.54) is 0 Å². The van der Waals surface area contributed by atoms with E-state index >= 15 is 0 Å². The topological polar surface area (TPSA) is 28.7 Å². The summed E-state index contributed by atoms with van der Waals surface area (Å²) in [6, 6.07) is 9.84. The summed E-state index contributed by atoms with van der Waals surface area (Å²) < 4.78 is 2.06. The van der Waals surface area contributed by atoms with Crippen molar-refractivity contribution in [3.05, 3.63) is 36.0 Å². The van der Waals surface area contributed by atoms with Crippen LogP contribution < -0.4 is 0 Å². The fourth-order valence-electron chi connectivity index (χ4n) is 1.54. The summed E-state index contributed by atoms with van der Waals surface area (Å²) in [5.74, 6) is 0.584. The summed E-state index contributed by atoms with van der Waals surface area (Å²) >= 11 is 5.68. The van der Waals surface area contributed by atoms with E-state index in [0.29, 0.717) is 11.4 Å². The van der Waals surface area contributed by atoms with Crippen LogP contribution in [0, 0.1) is 11.3 Å². The number of hydrogen-bond donors (Lipinski definition) is 0. The van der Waals surface area contributed by atoms with E-state index in [-0.39, 0.29) is 0 Å². The second-order valence-corrected chi connectivity index (χ2v) is 3.46. The van der Waals surface area contributed by atoms with Crippen LogP contribution in [0.25, 0.3) is 10.9 Å². The highest BCUT2D eigenvalue weighted by molar-refractivity contribution is 6.17. The lowest BCUT2D eigenvalue weighted by atomic mass is 10.2. The Morgan fingerprint density at radius 1 is 1.36 bits per heavy atom. The monoisotopic (exact) mass is 204 g/mol. The van der Waals surface area contributed by atoms with Crippen LogP contribution in [0.3, 0.4) is 0 Å². The number of alkyl halides is 1. The molecule has 0 amide bonds. The molecule has 0 atom stereocenters. The van der Waals surface area contributed by atoms with Gasteiger partial charge in [-0.05, 0) is 23.6 Å². The van der Waals surface area contributed by atoms with Gasteiger partial charge in [0.15, 0.2) is 0 Å². The molecule has 0 bridgehead atoms. The Bertz CT molecular complexity index is 493. The predicted molar refractivity (Wildman–Crippen MR) is 57.4 cm³/mol. The van der Waals surface area contributed by atoms with Crippen molar-refractivity contribution in [2.75, 3.05) is 5.88 Å². The molecule has 2 aromatic rings. The maximum Gasteiger partial charge on any atom is 0.0992 e. The first-order chi connectivity index (χ1) is 6.85. The zero-order valence-electron chi connectivity index (χ0n) is 7.57. The van der Waals surface area contributed by atoms with Crippen LogP contribution in [0.2, 0.25) is 0 Å². The normalized spacial score (nSPS) is 10.3. The van der Waals surface area contributed by atoms with E-state index in [1.54, 1.807) is 0 Å². The van der Waals surface area contributed by atoms with E-state index in [0.717, 1.165) is 17.4 Å². The van der Waals surface area contributed by atoms with Crippen molar-refractivity contribution in [2.45, 2.75) is 6.54 Å². The molecular formula is C11H9ClN2. The van der Waals surface area contributed by atoms with Crippen molar-refractivity contribution in [3.63, 3.8) is 0 Å². The second-order valence-electron chi connectivity index (χ2n) is 3.08. The zero-order valence-corrected chi connectivity index (χ0v) is 8.33. The smallest absolute Gasteiger partial charge is 0.0992 e. The summed E-state index contributed by atoms with van der Waals surface area (Å²) in [4.78, 5) is 0. The number of rotatable bonds is 2. The molecule has 2 nitrogen and oxygen atoms in total. The first kappa shape index (κ1) is 9.11. The average Bonchev–Trinajstić information content (AvgIpc) is 2.61. The van der Waals surface area contributed by atoms with Gasteiger partial charge < -0.3 is 4.57 Å². The minimum Gasteiger partial charge on any atom is -0.346 e. The van der Waals surface area contributed by atoms with E-state index in [9.17, 15) is 0 Å². The Morgan fingerprint density at radius 2 is 2.21 bits per heavy atom. The lowest BCUT2D eigenvalue weighted by molar-refractivity contribution is 0.804. The maximum atomic E-state index is 8.77. The molecule has 0 spiro atoms. The number of halogens is 1. The molecule has 0 saturated carbocycles. The number of nitrogens with zero attached hydrogens (tertiary/aromatic N) is 2. The van der Waals surface area contributed by atoms with Gasteiger partial charge in [-0.3, -0.25) is 0 Å². The zero-order chi connectivity index (χ0) is 9.97. The minimum atomic E-state index is 0.584. The van der Waals surface area contributed by atoms with Crippen LogP contribution in [0.1, 0.15) is 5.56 Å². The van der Waals surface area contributed by atoms with Crippen molar-refractivity contribution in [2.24, 2.45) is 0 Å². The van der Waals surface area contributed by atoms with Crippen LogP contribution in [0.15, 0.2) is 30.5 Å².